The van der Waals surface area contributed by atoms with E-state index in [0.717, 1.165) is 0 Å². The highest BCUT2D eigenvalue weighted by Gasteiger charge is 2.28. The number of ether oxygens (including phenoxy) is 1. The number of imidazole rings is 1. The quantitative estimate of drug-likeness (QED) is 0.801. The maximum atomic E-state index is 12.1. The van der Waals surface area contributed by atoms with Crippen molar-refractivity contribution in [1.82, 2.24) is 14.5 Å². The molecule has 0 fully saturated rings. The highest BCUT2D eigenvalue weighted by Crippen LogP contribution is 2.31. The van der Waals surface area contributed by atoms with E-state index in [2.05, 4.69) is 9.72 Å². The monoisotopic (exact) mass is 279 g/mol. The van der Waals surface area contributed by atoms with E-state index in [4.69, 9.17) is 5.11 Å². The minimum Gasteiger partial charge on any atom is -0.449 e. The van der Waals surface area contributed by atoms with E-state index in [9.17, 15) is 9.59 Å². The molecule has 7 nitrogen and oxygen atoms in total. The lowest BCUT2D eigenvalue weighted by Gasteiger charge is -2.13. The average molecular weight is 279 g/mol. The predicted octanol–water partition coefficient (Wildman–Crippen LogP) is 1.58. The third-order valence-electron chi connectivity index (χ3n) is 2.84. The molecule has 0 unspecified atom stereocenters. The molecule has 0 aliphatic carbocycles. The number of nitrogens with zero attached hydrogens (tertiary/aromatic N) is 3. The van der Waals surface area contributed by atoms with Crippen LogP contribution in [0, 0.1) is 0 Å². The molecule has 2 aromatic rings. The molecule has 1 aliphatic heterocycles. The Hall–Kier alpha value is -2.35. The van der Waals surface area contributed by atoms with Crippen molar-refractivity contribution in [2.24, 2.45) is 0 Å². The summed E-state index contributed by atoms with van der Waals surface area (Å²) in [4.78, 5) is 28.8. The van der Waals surface area contributed by atoms with Crippen molar-refractivity contribution >= 4 is 23.4 Å². The van der Waals surface area contributed by atoms with E-state index >= 15 is 0 Å². The largest absolute Gasteiger partial charge is 0.512 e. The summed E-state index contributed by atoms with van der Waals surface area (Å²) in [6, 6.07) is 1.80. The van der Waals surface area contributed by atoms with Crippen LogP contribution in [-0.4, -0.2) is 38.7 Å². The molecule has 3 rings (SSSR count). The molecule has 98 valence electrons. The molecule has 0 radical (unpaired) electrons. The molecule has 1 aliphatic rings. The van der Waals surface area contributed by atoms with Crippen LogP contribution in [0.25, 0.3) is 5.69 Å². The highest BCUT2D eigenvalue weighted by molar-refractivity contribution is 7.12. The van der Waals surface area contributed by atoms with E-state index in [-0.39, 0.29) is 18.3 Å². The van der Waals surface area contributed by atoms with Gasteiger partial charge < -0.3 is 14.7 Å². The van der Waals surface area contributed by atoms with E-state index in [1.807, 2.05) is 5.38 Å². The van der Waals surface area contributed by atoms with Gasteiger partial charge in [0.25, 0.3) is 5.91 Å². The minimum atomic E-state index is -1.43. The summed E-state index contributed by atoms with van der Waals surface area (Å²) in [5.41, 5.74) is 1.23. The Morgan fingerprint density at radius 3 is 3.11 bits per heavy atom. The lowest BCUT2D eigenvalue weighted by atomic mass is 10.3. The summed E-state index contributed by atoms with van der Waals surface area (Å²) in [6.45, 7) is 0.239. The lowest BCUT2D eigenvalue weighted by molar-refractivity contribution is 0.0791. The Kier molecular flexibility index (Phi) is 2.53. The van der Waals surface area contributed by atoms with Gasteiger partial charge in [0.15, 0.2) is 0 Å². The number of thiophene rings is 1. The Morgan fingerprint density at radius 2 is 2.37 bits per heavy atom. The highest BCUT2D eigenvalue weighted by atomic mass is 32.1. The van der Waals surface area contributed by atoms with Crippen LogP contribution >= 0.6 is 11.3 Å². The topological polar surface area (TPSA) is 84.7 Å². The summed E-state index contributed by atoms with van der Waals surface area (Å²) in [6.07, 6.45) is 0.0382. The number of hydrogen-bond donors (Lipinski definition) is 1. The van der Waals surface area contributed by atoms with Gasteiger partial charge in [0.1, 0.15) is 16.9 Å². The van der Waals surface area contributed by atoms with Crippen molar-refractivity contribution in [2.75, 3.05) is 7.05 Å². The Balaban J connectivity index is 2.17. The Labute approximate surface area is 111 Å². The summed E-state index contributed by atoms with van der Waals surface area (Å²) in [5.74, 6) is -0.0961. The molecule has 3 heterocycles. The van der Waals surface area contributed by atoms with Crippen molar-refractivity contribution in [3.63, 3.8) is 0 Å². The maximum Gasteiger partial charge on any atom is 0.512 e. The van der Waals surface area contributed by atoms with Crippen molar-refractivity contribution in [2.45, 2.75) is 6.54 Å². The third-order valence-corrected chi connectivity index (χ3v) is 3.74. The molecule has 0 spiro atoms. The van der Waals surface area contributed by atoms with Gasteiger partial charge in [-0.15, -0.1) is 11.3 Å². The van der Waals surface area contributed by atoms with Crippen LogP contribution < -0.4 is 4.74 Å². The fraction of sp³-hybridized carbons (Fsp3) is 0.182. The van der Waals surface area contributed by atoms with Gasteiger partial charge in [-0.1, -0.05) is 0 Å². The van der Waals surface area contributed by atoms with Crippen LogP contribution in [0.2, 0.25) is 0 Å². The second-order valence-corrected chi connectivity index (χ2v) is 4.95. The van der Waals surface area contributed by atoms with Crippen LogP contribution in [0.1, 0.15) is 15.4 Å². The number of carbonyl (C=O) groups is 2. The predicted molar refractivity (Wildman–Crippen MR) is 65.9 cm³/mol. The Bertz CT molecular complexity index is 675. The zero-order valence-corrected chi connectivity index (χ0v) is 10.7. The molecule has 1 N–H and O–H groups in total. The van der Waals surface area contributed by atoms with Crippen molar-refractivity contribution in [3.05, 3.63) is 28.3 Å². The first kappa shape index (κ1) is 11.7. The van der Waals surface area contributed by atoms with Crippen LogP contribution in [-0.2, 0) is 6.54 Å². The van der Waals surface area contributed by atoms with E-state index in [1.165, 1.54) is 22.6 Å². The van der Waals surface area contributed by atoms with Crippen molar-refractivity contribution in [1.29, 1.82) is 0 Å². The molecule has 0 bridgehead atoms. The van der Waals surface area contributed by atoms with Crippen LogP contribution in [0.3, 0.4) is 0 Å². The molecule has 0 aromatic carbocycles. The van der Waals surface area contributed by atoms with Crippen molar-refractivity contribution < 1.29 is 19.4 Å². The fourth-order valence-electron chi connectivity index (χ4n) is 2.00. The zero-order valence-electron chi connectivity index (χ0n) is 9.86. The SMILES string of the molecule is CN1Cc2c(OC(=O)O)ncn2-c2ccsc2C1=O. The number of rotatable bonds is 1. The maximum absolute atomic E-state index is 12.1. The number of hydrogen-bond acceptors (Lipinski definition) is 5. The summed E-state index contributed by atoms with van der Waals surface area (Å²) in [5, 5.41) is 10.5. The molecule has 2 aromatic heterocycles. The number of carbonyl (C=O) groups excluding carboxylic acids is 1. The van der Waals surface area contributed by atoms with Gasteiger partial charge in [0.2, 0.25) is 5.88 Å². The second-order valence-electron chi connectivity index (χ2n) is 4.03. The van der Waals surface area contributed by atoms with Gasteiger partial charge in [0.05, 0.1) is 12.2 Å². The smallest absolute Gasteiger partial charge is 0.449 e. The number of fused-ring (bicyclic) bond motifs is 3. The van der Waals surface area contributed by atoms with Gasteiger partial charge in [0, 0.05) is 7.05 Å². The van der Waals surface area contributed by atoms with E-state index in [1.54, 1.807) is 17.7 Å². The third kappa shape index (κ3) is 1.76. The van der Waals surface area contributed by atoms with Gasteiger partial charge in [-0.2, -0.15) is 0 Å². The summed E-state index contributed by atoms with van der Waals surface area (Å²) in [7, 11) is 1.65. The molecule has 0 saturated heterocycles. The van der Waals surface area contributed by atoms with Gasteiger partial charge in [-0.25, -0.2) is 9.78 Å². The standard InChI is InChI=1S/C11H9N3O4S/c1-13-4-7-9(18-11(16)17)12-5-14(7)6-2-3-19-8(6)10(13)15/h2-3,5H,4H2,1H3,(H,16,17). The van der Waals surface area contributed by atoms with E-state index < -0.39 is 6.16 Å². The van der Waals surface area contributed by atoms with Crippen LogP contribution in [0.15, 0.2) is 17.8 Å². The molecule has 0 atom stereocenters. The molecular weight excluding hydrogens is 270 g/mol. The second kappa shape index (κ2) is 4.09. The minimum absolute atomic E-state index is 0.00574. The normalized spacial score (nSPS) is 13.7. The van der Waals surface area contributed by atoms with E-state index in [0.29, 0.717) is 16.3 Å². The fourth-order valence-corrected chi connectivity index (χ4v) is 2.88. The first-order valence-corrected chi connectivity index (χ1v) is 6.26. The molecule has 0 saturated carbocycles. The van der Waals surface area contributed by atoms with Gasteiger partial charge in [-0.3, -0.25) is 9.36 Å². The zero-order chi connectivity index (χ0) is 13.6. The number of carboxylic acid groups (broad SMARTS) is 1. The lowest BCUT2D eigenvalue weighted by Crippen LogP contribution is -2.24. The molecule has 19 heavy (non-hydrogen) atoms. The summed E-state index contributed by atoms with van der Waals surface area (Å²) < 4.78 is 6.32. The van der Waals surface area contributed by atoms with Crippen LogP contribution in [0.5, 0.6) is 5.88 Å². The van der Waals surface area contributed by atoms with Gasteiger partial charge >= 0.3 is 6.16 Å². The first-order valence-electron chi connectivity index (χ1n) is 5.38. The summed E-state index contributed by atoms with van der Waals surface area (Å²) >= 11 is 1.34. The molecular formula is C11H9N3O4S. The first-order chi connectivity index (χ1) is 9.08. The molecule has 1 amide bonds. The average Bonchev–Trinajstić information content (AvgIpc) is 2.93. The van der Waals surface area contributed by atoms with Crippen LogP contribution in [0.4, 0.5) is 4.79 Å². The van der Waals surface area contributed by atoms with Crippen molar-refractivity contribution in [3.8, 4) is 11.6 Å². The molecule has 8 heteroatoms. The number of aromatic nitrogens is 2. The Morgan fingerprint density at radius 1 is 1.58 bits per heavy atom. The number of amides is 1. The van der Waals surface area contributed by atoms with Gasteiger partial charge in [-0.05, 0) is 11.4 Å².